The van der Waals surface area contributed by atoms with E-state index in [9.17, 15) is 43.2 Å². The van der Waals surface area contributed by atoms with E-state index in [1.807, 2.05) is 0 Å². The second kappa shape index (κ2) is 56.8. The highest BCUT2D eigenvalue weighted by molar-refractivity contribution is 7.47. The first-order valence-electron chi connectivity index (χ1n) is 33.2. The first-order chi connectivity index (χ1) is 39.6. The number of phosphoric ester groups is 2. The number of carbonyl (C=O) groups is 4. The van der Waals surface area contributed by atoms with Crippen LogP contribution in [0.25, 0.3) is 0 Å². The van der Waals surface area contributed by atoms with Crippen molar-refractivity contribution in [3.05, 3.63) is 0 Å². The van der Waals surface area contributed by atoms with Crippen molar-refractivity contribution in [3.8, 4) is 0 Å². The largest absolute Gasteiger partial charge is 0.472 e. The molecule has 17 nitrogen and oxygen atoms in total. The quantitative estimate of drug-likeness (QED) is 0.0222. The van der Waals surface area contributed by atoms with Gasteiger partial charge in [0, 0.05) is 25.7 Å². The third kappa shape index (κ3) is 55.9. The number of unbranched alkanes of at least 4 members (excludes halogenated alkanes) is 34. The molecule has 0 bridgehead atoms. The fraction of sp³-hybridized carbons (Fsp3) is 0.937. The van der Waals surface area contributed by atoms with E-state index in [2.05, 4.69) is 34.6 Å². The van der Waals surface area contributed by atoms with Crippen molar-refractivity contribution in [2.45, 2.75) is 335 Å². The van der Waals surface area contributed by atoms with Crippen LogP contribution in [0.1, 0.15) is 317 Å². The smallest absolute Gasteiger partial charge is 0.462 e. The Hall–Kier alpha value is -1.94. The van der Waals surface area contributed by atoms with Gasteiger partial charge in [0.25, 0.3) is 0 Å². The number of carbonyl (C=O) groups excluding carboxylic acids is 4. The lowest BCUT2D eigenvalue weighted by atomic mass is 9.99. The van der Waals surface area contributed by atoms with E-state index in [-0.39, 0.29) is 25.7 Å². The maximum atomic E-state index is 13.0. The van der Waals surface area contributed by atoms with Crippen LogP contribution in [0.4, 0.5) is 0 Å². The Morgan fingerprint density at radius 1 is 0.341 bits per heavy atom. The molecule has 6 atom stereocenters. The molecular weight excluding hydrogens is 1090 g/mol. The van der Waals surface area contributed by atoms with Crippen molar-refractivity contribution < 1.29 is 80.2 Å². The number of aliphatic hydroxyl groups excluding tert-OH is 1. The van der Waals surface area contributed by atoms with Crippen LogP contribution in [0.3, 0.4) is 0 Å². The van der Waals surface area contributed by atoms with Gasteiger partial charge in [-0.25, -0.2) is 9.13 Å². The predicted octanol–water partition coefficient (Wildman–Crippen LogP) is 17.4. The molecule has 0 saturated heterocycles. The van der Waals surface area contributed by atoms with Crippen molar-refractivity contribution in [1.82, 2.24) is 0 Å². The highest BCUT2D eigenvalue weighted by Crippen LogP contribution is 2.45. The maximum Gasteiger partial charge on any atom is 0.472 e. The van der Waals surface area contributed by atoms with E-state index in [0.29, 0.717) is 25.7 Å². The van der Waals surface area contributed by atoms with E-state index in [4.69, 9.17) is 37.0 Å². The summed E-state index contributed by atoms with van der Waals surface area (Å²) in [6.45, 7) is 7.06. The molecule has 3 unspecified atom stereocenters. The molecule has 0 rings (SSSR count). The number of phosphoric acid groups is 2. The molecule has 3 N–H and O–H groups in total. The minimum absolute atomic E-state index is 0.0989. The molecule has 0 aliphatic carbocycles. The van der Waals surface area contributed by atoms with Gasteiger partial charge in [0.2, 0.25) is 0 Å². The lowest BCUT2D eigenvalue weighted by Gasteiger charge is -2.21. The minimum Gasteiger partial charge on any atom is -0.462 e. The Morgan fingerprint density at radius 3 is 0.866 bits per heavy atom. The molecule has 0 fully saturated rings. The summed E-state index contributed by atoms with van der Waals surface area (Å²) in [6.07, 6.45) is 41.2. The molecule has 486 valence electrons. The van der Waals surface area contributed by atoms with Crippen LogP contribution >= 0.6 is 15.6 Å². The SMILES string of the molecule is CCCCCCCCCCCCC(=O)OC[C@H](COP(=O)(O)OC[C@@H](O)COP(=O)(O)OC[C@@H](COC(=O)CCCCCCC)OC(=O)CCCCCCC)OC(=O)CCCCCCCCCCCCCCCCCCCCC(C)CC. The van der Waals surface area contributed by atoms with Gasteiger partial charge in [-0.2, -0.15) is 0 Å². The molecule has 0 saturated carbocycles. The zero-order valence-corrected chi connectivity index (χ0v) is 54.4. The van der Waals surface area contributed by atoms with Gasteiger partial charge >= 0.3 is 39.5 Å². The molecule has 0 aromatic carbocycles. The van der Waals surface area contributed by atoms with Gasteiger partial charge in [0.05, 0.1) is 26.4 Å². The monoisotopic (exact) mass is 1210 g/mol. The van der Waals surface area contributed by atoms with Gasteiger partial charge in [-0.1, -0.05) is 266 Å². The number of aliphatic hydroxyl groups is 1. The van der Waals surface area contributed by atoms with E-state index in [1.54, 1.807) is 0 Å². The summed E-state index contributed by atoms with van der Waals surface area (Å²) in [6, 6.07) is 0. The molecule has 0 heterocycles. The fourth-order valence-corrected chi connectivity index (χ4v) is 11.0. The maximum absolute atomic E-state index is 13.0. The molecule has 19 heteroatoms. The van der Waals surface area contributed by atoms with Crippen LogP contribution < -0.4 is 0 Å². The minimum atomic E-state index is -4.94. The Labute approximate surface area is 498 Å². The molecule has 0 aliphatic rings. The first kappa shape index (κ1) is 80.1. The molecule has 0 aliphatic heterocycles. The van der Waals surface area contributed by atoms with E-state index in [0.717, 1.165) is 102 Å². The Morgan fingerprint density at radius 2 is 0.585 bits per heavy atom. The first-order valence-corrected chi connectivity index (χ1v) is 36.2. The van der Waals surface area contributed by atoms with Crippen LogP contribution in [-0.2, 0) is 65.4 Å². The number of hydrogen-bond acceptors (Lipinski definition) is 15. The van der Waals surface area contributed by atoms with Crippen molar-refractivity contribution in [3.63, 3.8) is 0 Å². The summed E-state index contributed by atoms with van der Waals surface area (Å²) in [5, 5.41) is 10.5. The molecule has 0 aromatic heterocycles. The second-order valence-corrected chi connectivity index (χ2v) is 25.9. The molecule has 0 spiro atoms. The van der Waals surface area contributed by atoms with E-state index in [1.165, 1.54) is 135 Å². The average molecular weight is 1210 g/mol. The van der Waals surface area contributed by atoms with Crippen LogP contribution in [0.5, 0.6) is 0 Å². The van der Waals surface area contributed by atoms with Crippen LogP contribution in [0.2, 0.25) is 0 Å². The zero-order valence-electron chi connectivity index (χ0n) is 52.6. The van der Waals surface area contributed by atoms with Crippen LogP contribution in [0.15, 0.2) is 0 Å². The Kier molecular flexibility index (Phi) is 55.5. The van der Waals surface area contributed by atoms with Crippen molar-refractivity contribution in [2.75, 3.05) is 39.6 Å². The van der Waals surface area contributed by atoms with Crippen LogP contribution in [-0.4, -0.2) is 96.7 Å². The third-order valence-corrected chi connectivity index (χ3v) is 16.8. The van der Waals surface area contributed by atoms with Gasteiger partial charge in [-0.3, -0.25) is 37.3 Å². The summed E-state index contributed by atoms with van der Waals surface area (Å²) < 4.78 is 67.4. The summed E-state index contributed by atoms with van der Waals surface area (Å²) in [4.78, 5) is 71.5. The molecule has 0 radical (unpaired) electrons. The molecule has 82 heavy (non-hydrogen) atoms. The topological polar surface area (TPSA) is 237 Å². The summed E-state index contributed by atoms with van der Waals surface area (Å²) in [5.74, 6) is -1.29. The van der Waals surface area contributed by atoms with Crippen LogP contribution in [0, 0.1) is 5.92 Å². The summed E-state index contributed by atoms with van der Waals surface area (Å²) >= 11 is 0. The van der Waals surface area contributed by atoms with E-state index < -0.39 is 97.5 Å². The highest BCUT2D eigenvalue weighted by atomic mass is 31.2. The lowest BCUT2D eigenvalue weighted by molar-refractivity contribution is -0.161. The number of esters is 4. The second-order valence-electron chi connectivity index (χ2n) is 23.0. The van der Waals surface area contributed by atoms with Crippen molar-refractivity contribution in [2.24, 2.45) is 5.92 Å². The third-order valence-electron chi connectivity index (χ3n) is 14.9. The molecular formula is C63H122O17P2. The summed E-state index contributed by atoms with van der Waals surface area (Å²) in [5.41, 5.74) is 0. The lowest BCUT2D eigenvalue weighted by Crippen LogP contribution is -2.30. The number of hydrogen-bond donors (Lipinski definition) is 3. The Balaban J connectivity index is 4.99. The highest BCUT2D eigenvalue weighted by Gasteiger charge is 2.30. The molecule has 0 aromatic rings. The van der Waals surface area contributed by atoms with Gasteiger partial charge in [-0.15, -0.1) is 0 Å². The predicted molar refractivity (Wildman–Crippen MR) is 326 cm³/mol. The summed E-state index contributed by atoms with van der Waals surface area (Å²) in [7, 11) is -9.86. The van der Waals surface area contributed by atoms with E-state index >= 15 is 0 Å². The normalized spacial score (nSPS) is 14.6. The van der Waals surface area contributed by atoms with Gasteiger partial charge in [-0.05, 0) is 31.6 Å². The number of ether oxygens (including phenoxy) is 4. The Bertz CT molecular complexity index is 1600. The standard InChI is InChI=1S/C63H122O17P2/c1-6-10-13-16-17-18-30-33-38-42-47-61(66)74-53-59(80-63(68)49-44-39-34-31-28-26-24-22-20-19-21-23-25-27-29-32-37-40-45-56(5)9-4)55-78-82(71,72)76-51-57(64)50-75-81(69,70)77-54-58(79-62(67)48-43-36-15-12-8-3)52-73-60(65)46-41-35-14-11-7-2/h56-59,64H,6-55H2,1-5H3,(H,69,70)(H,71,72)/t56?,57-,58+,59+/m0/s1. The van der Waals surface area contributed by atoms with Gasteiger partial charge < -0.3 is 33.8 Å². The average Bonchev–Trinajstić information content (AvgIpc) is 3.45. The van der Waals surface area contributed by atoms with Gasteiger partial charge in [0.15, 0.2) is 12.2 Å². The van der Waals surface area contributed by atoms with Crippen molar-refractivity contribution >= 4 is 39.5 Å². The molecule has 0 amide bonds. The zero-order chi connectivity index (χ0) is 60.6. The van der Waals surface area contributed by atoms with Crippen molar-refractivity contribution in [1.29, 1.82) is 0 Å². The number of rotatable bonds is 63. The fourth-order valence-electron chi connectivity index (χ4n) is 9.37. The van der Waals surface area contributed by atoms with Gasteiger partial charge in [0.1, 0.15) is 19.3 Å².